The van der Waals surface area contributed by atoms with E-state index in [2.05, 4.69) is 35.2 Å². The summed E-state index contributed by atoms with van der Waals surface area (Å²) in [7, 11) is 0. The molecule has 1 unspecified atom stereocenters. The van der Waals surface area contributed by atoms with Crippen LogP contribution in [-0.2, 0) is 4.74 Å². The van der Waals surface area contributed by atoms with Crippen LogP contribution < -0.4 is 5.73 Å². The quantitative estimate of drug-likeness (QED) is 0.703. The molecular weight excluding hydrogens is 430 g/mol. The Morgan fingerprint density at radius 1 is 1.12 bits per heavy atom. The van der Waals surface area contributed by atoms with Crippen molar-refractivity contribution in [2.45, 2.75) is 51.0 Å². The highest BCUT2D eigenvalue weighted by Crippen LogP contribution is 2.35. The Morgan fingerprint density at radius 3 is 2.58 bits per heavy atom. The number of rotatable bonds is 5. The van der Waals surface area contributed by atoms with Crippen LogP contribution in [0.25, 0.3) is 10.4 Å². The zero-order valence-electron chi connectivity index (χ0n) is 19.8. The minimum Gasteiger partial charge on any atom is -0.381 e. The molecule has 3 aliphatic heterocycles. The minimum atomic E-state index is 0.120. The van der Waals surface area contributed by atoms with E-state index in [1.54, 1.807) is 11.3 Å². The summed E-state index contributed by atoms with van der Waals surface area (Å²) in [6.07, 6.45) is 5.92. The molecule has 1 amide bonds. The summed E-state index contributed by atoms with van der Waals surface area (Å²) in [6, 6.07) is 11.4. The first kappa shape index (κ1) is 23.0. The standard InChI is InChI=1S/C27H37N3O2S/c1-19-15-25(33-26(19)27(31)30-13-10-24(28)17-30)23-6-4-21(5-7-23)22-8-11-29(12-9-22)16-20-3-2-14-32-18-20/h4-7,15,20,22,24H,2-3,8-14,16-18,28H2,1H3/t20?,24-/m0/s1. The molecule has 3 saturated heterocycles. The molecule has 2 atom stereocenters. The molecule has 0 bridgehead atoms. The topological polar surface area (TPSA) is 58.8 Å². The Balaban J connectivity index is 1.18. The molecule has 1 aromatic heterocycles. The van der Waals surface area contributed by atoms with Crippen LogP contribution >= 0.6 is 11.3 Å². The van der Waals surface area contributed by atoms with Gasteiger partial charge in [-0.15, -0.1) is 11.3 Å². The fraction of sp³-hybridized carbons (Fsp3) is 0.593. The number of thiophene rings is 1. The van der Waals surface area contributed by atoms with Crippen LogP contribution in [0.4, 0.5) is 0 Å². The van der Waals surface area contributed by atoms with Gasteiger partial charge in [0.05, 0.1) is 11.5 Å². The van der Waals surface area contributed by atoms with E-state index >= 15 is 0 Å². The first-order valence-corrected chi connectivity index (χ1v) is 13.4. The first-order chi connectivity index (χ1) is 16.1. The predicted octanol–water partition coefficient (Wildman–Crippen LogP) is 4.50. The molecule has 5 nitrogen and oxygen atoms in total. The van der Waals surface area contributed by atoms with E-state index in [9.17, 15) is 4.79 Å². The van der Waals surface area contributed by atoms with Crippen LogP contribution in [0.1, 0.15) is 58.8 Å². The van der Waals surface area contributed by atoms with E-state index in [0.29, 0.717) is 12.5 Å². The molecule has 2 N–H and O–H groups in total. The van der Waals surface area contributed by atoms with Gasteiger partial charge in [0, 0.05) is 37.2 Å². The predicted molar refractivity (Wildman–Crippen MR) is 135 cm³/mol. The Morgan fingerprint density at radius 2 is 1.91 bits per heavy atom. The third-order valence-electron chi connectivity index (χ3n) is 7.65. The fourth-order valence-electron chi connectivity index (χ4n) is 5.64. The molecule has 178 valence electrons. The SMILES string of the molecule is Cc1cc(-c2ccc(C3CCN(CC4CCCOC4)CC3)cc2)sc1C(=O)N1CC[C@H](N)C1. The summed E-state index contributed by atoms with van der Waals surface area (Å²) in [5.41, 5.74) is 9.73. The second kappa shape index (κ2) is 10.3. The number of carbonyl (C=O) groups is 1. The van der Waals surface area contributed by atoms with Gasteiger partial charge in [-0.1, -0.05) is 24.3 Å². The van der Waals surface area contributed by atoms with Gasteiger partial charge >= 0.3 is 0 Å². The van der Waals surface area contributed by atoms with Gasteiger partial charge in [-0.2, -0.15) is 0 Å². The van der Waals surface area contributed by atoms with E-state index in [4.69, 9.17) is 10.5 Å². The summed E-state index contributed by atoms with van der Waals surface area (Å²) < 4.78 is 5.66. The summed E-state index contributed by atoms with van der Waals surface area (Å²) in [5, 5.41) is 0. The molecule has 6 heteroatoms. The number of nitrogens with zero attached hydrogens (tertiary/aromatic N) is 2. The molecule has 2 aromatic rings. The number of hydrogen-bond donors (Lipinski definition) is 1. The van der Waals surface area contributed by atoms with Crippen LogP contribution in [0.3, 0.4) is 0 Å². The highest BCUT2D eigenvalue weighted by molar-refractivity contribution is 7.17. The number of nitrogens with two attached hydrogens (primary N) is 1. The first-order valence-electron chi connectivity index (χ1n) is 12.6. The van der Waals surface area contributed by atoms with Gasteiger partial charge in [-0.05, 0) is 86.7 Å². The third kappa shape index (κ3) is 5.35. The summed E-state index contributed by atoms with van der Waals surface area (Å²) >= 11 is 1.62. The number of aryl methyl sites for hydroxylation is 1. The average Bonchev–Trinajstić information content (AvgIpc) is 3.46. The monoisotopic (exact) mass is 467 g/mol. The molecule has 0 aliphatic carbocycles. The number of benzene rings is 1. The molecular formula is C27H37N3O2S. The van der Waals surface area contributed by atoms with Crippen LogP contribution in [0.5, 0.6) is 0 Å². The molecule has 1 aromatic carbocycles. The third-order valence-corrected chi connectivity index (χ3v) is 8.92. The number of carbonyl (C=O) groups excluding carboxylic acids is 1. The molecule has 5 rings (SSSR count). The van der Waals surface area contributed by atoms with Gasteiger partial charge in [0.1, 0.15) is 0 Å². The van der Waals surface area contributed by atoms with Gasteiger partial charge in [0.2, 0.25) is 0 Å². The zero-order chi connectivity index (χ0) is 22.8. The fourth-order valence-corrected chi connectivity index (χ4v) is 6.78. The second-order valence-corrected chi connectivity index (χ2v) is 11.3. The second-order valence-electron chi connectivity index (χ2n) is 10.2. The van der Waals surface area contributed by atoms with Crippen molar-refractivity contribution < 1.29 is 9.53 Å². The smallest absolute Gasteiger partial charge is 0.264 e. The van der Waals surface area contributed by atoms with Gasteiger partial charge in [0.15, 0.2) is 0 Å². The molecule has 3 aliphatic rings. The van der Waals surface area contributed by atoms with Crippen molar-refractivity contribution in [2.75, 3.05) is 45.9 Å². The number of piperidine rings is 1. The van der Waals surface area contributed by atoms with E-state index in [-0.39, 0.29) is 11.9 Å². The molecule has 4 heterocycles. The number of likely N-dealkylation sites (tertiary alicyclic amines) is 2. The highest BCUT2D eigenvalue weighted by atomic mass is 32.1. The maximum Gasteiger partial charge on any atom is 0.264 e. The summed E-state index contributed by atoms with van der Waals surface area (Å²) in [5.74, 6) is 1.52. The summed E-state index contributed by atoms with van der Waals surface area (Å²) in [6.45, 7) is 8.98. The van der Waals surface area contributed by atoms with E-state index in [1.165, 1.54) is 61.3 Å². The maximum absolute atomic E-state index is 12.9. The lowest BCUT2D eigenvalue weighted by Gasteiger charge is -2.35. The van der Waals surface area contributed by atoms with Crippen LogP contribution in [0.15, 0.2) is 30.3 Å². The summed E-state index contributed by atoms with van der Waals surface area (Å²) in [4.78, 5) is 19.5. The van der Waals surface area contributed by atoms with Gasteiger partial charge in [-0.25, -0.2) is 0 Å². The molecule has 3 fully saturated rings. The number of ether oxygens (including phenoxy) is 1. The van der Waals surface area contributed by atoms with Crippen LogP contribution in [0.2, 0.25) is 0 Å². The van der Waals surface area contributed by atoms with E-state index < -0.39 is 0 Å². The van der Waals surface area contributed by atoms with Crippen molar-refractivity contribution >= 4 is 17.2 Å². The molecule has 0 spiro atoms. The van der Waals surface area contributed by atoms with E-state index in [0.717, 1.165) is 42.5 Å². The van der Waals surface area contributed by atoms with Crippen molar-refractivity contribution in [3.63, 3.8) is 0 Å². The lowest BCUT2D eigenvalue weighted by molar-refractivity contribution is 0.0346. The van der Waals surface area contributed by atoms with Crippen molar-refractivity contribution in [3.05, 3.63) is 46.3 Å². The van der Waals surface area contributed by atoms with Crippen molar-refractivity contribution in [1.82, 2.24) is 9.80 Å². The van der Waals surface area contributed by atoms with Crippen LogP contribution in [0, 0.1) is 12.8 Å². The number of amides is 1. The average molecular weight is 468 g/mol. The van der Waals surface area contributed by atoms with Gasteiger partial charge in [0.25, 0.3) is 5.91 Å². The molecule has 33 heavy (non-hydrogen) atoms. The van der Waals surface area contributed by atoms with Gasteiger partial charge in [-0.3, -0.25) is 4.79 Å². The maximum atomic E-state index is 12.9. The van der Waals surface area contributed by atoms with Crippen LogP contribution in [-0.4, -0.2) is 67.7 Å². The lowest BCUT2D eigenvalue weighted by atomic mass is 9.88. The highest BCUT2D eigenvalue weighted by Gasteiger charge is 2.27. The van der Waals surface area contributed by atoms with E-state index in [1.807, 2.05) is 11.8 Å². The minimum absolute atomic E-state index is 0.120. The molecule has 0 saturated carbocycles. The van der Waals surface area contributed by atoms with Gasteiger partial charge < -0.3 is 20.3 Å². The van der Waals surface area contributed by atoms with Crippen molar-refractivity contribution in [3.8, 4) is 10.4 Å². The number of hydrogen-bond acceptors (Lipinski definition) is 5. The Bertz CT molecular complexity index is 943. The normalized spacial score (nSPS) is 25.0. The zero-order valence-corrected chi connectivity index (χ0v) is 20.6. The van der Waals surface area contributed by atoms with Crippen molar-refractivity contribution in [1.29, 1.82) is 0 Å². The molecule has 0 radical (unpaired) electrons. The Kier molecular flexibility index (Phi) is 7.16. The lowest BCUT2D eigenvalue weighted by Crippen LogP contribution is -2.38. The largest absolute Gasteiger partial charge is 0.381 e. The Hall–Kier alpha value is -1.73. The van der Waals surface area contributed by atoms with Crippen molar-refractivity contribution in [2.24, 2.45) is 11.7 Å². The Labute approximate surface area is 201 Å².